The van der Waals surface area contributed by atoms with Gasteiger partial charge in [-0.25, -0.2) is 13.6 Å². The Bertz CT molecular complexity index is 994. The quantitative estimate of drug-likeness (QED) is 0.614. The van der Waals surface area contributed by atoms with Gasteiger partial charge in [-0.3, -0.25) is 4.79 Å². The number of nitrogens with one attached hydrogen (secondary N) is 1. The molecule has 0 saturated carbocycles. The number of halogens is 1. The molecule has 0 atom stereocenters. The minimum absolute atomic E-state index is 0.143. The Kier molecular flexibility index (Phi) is 7.72. The third kappa shape index (κ3) is 5.75. The van der Waals surface area contributed by atoms with Gasteiger partial charge < -0.3 is 19.5 Å². The average Bonchev–Trinajstić information content (AvgIpc) is 2.66. The van der Waals surface area contributed by atoms with Crippen molar-refractivity contribution in [1.29, 1.82) is 0 Å². The molecular formula is C19H23ClN2O6S. The van der Waals surface area contributed by atoms with Crippen molar-refractivity contribution in [3.8, 4) is 17.2 Å². The molecule has 158 valence electrons. The number of anilines is 1. The number of primary sulfonamides is 1. The number of methoxy groups -OCH3 is 1. The zero-order valence-corrected chi connectivity index (χ0v) is 17.9. The average molecular weight is 443 g/mol. The Morgan fingerprint density at radius 3 is 2.45 bits per heavy atom. The van der Waals surface area contributed by atoms with Gasteiger partial charge >= 0.3 is 0 Å². The lowest BCUT2D eigenvalue weighted by atomic mass is 10.1. The number of carbonyl (C=O) groups is 1. The largest absolute Gasteiger partial charge is 0.495 e. The summed E-state index contributed by atoms with van der Waals surface area (Å²) in [5.41, 5.74) is 0.342. The molecule has 1 amide bonds. The first-order chi connectivity index (χ1) is 13.7. The fraction of sp³-hybridized carbons (Fsp3) is 0.316. The summed E-state index contributed by atoms with van der Waals surface area (Å²) in [5.74, 6) is 0.425. The first-order valence-electron chi connectivity index (χ1n) is 8.82. The number of rotatable bonds is 9. The van der Waals surface area contributed by atoms with Gasteiger partial charge in [-0.2, -0.15) is 0 Å². The molecule has 0 fully saturated rings. The highest BCUT2D eigenvalue weighted by Gasteiger charge is 2.19. The summed E-state index contributed by atoms with van der Waals surface area (Å²) in [7, 11) is -2.56. The van der Waals surface area contributed by atoms with Gasteiger partial charge in [0.1, 0.15) is 5.75 Å². The van der Waals surface area contributed by atoms with Crippen molar-refractivity contribution in [1.82, 2.24) is 0 Å². The van der Waals surface area contributed by atoms with Crippen LogP contribution < -0.4 is 24.7 Å². The molecular weight excluding hydrogens is 420 g/mol. The number of amides is 1. The molecule has 29 heavy (non-hydrogen) atoms. The number of ether oxygens (including phenoxy) is 3. The number of sulfonamides is 1. The number of carbonyl (C=O) groups excluding carboxylic acids is 1. The lowest BCUT2D eigenvalue weighted by Crippen LogP contribution is -2.16. The molecule has 0 spiro atoms. The van der Waals surface area contributed by atoms with Crippen LogP contribution in [0.25, 0.3) is 0 Å². The van der Waals surface area contributed by atoms with Gasteiger partial charge in [0.25, 0.3) is 5.91 Å². The summed E-state index contributed by atoms with van der Waals surface area (Å²) in [6.45, 7) is 4.56. The van der Waals surface area contributed by atoms with E-state index in [1.54, 1.807) is 6.92 Å². The second kappa shape index (κ2) is 9.82. The number of hydrogen-bond acceptors (Lipinski definition) is 6. The molecule has 0 heterocycles. The van der Waals surface area contributed by atoms with E-state index >= 15 is 0 Å². The third-order valence-corrected chi connectivity index (χ3v) is 4.96. The second-order valence-electron chi connectivity index (χ2n) is 5.93. The molecule has 2 rings (SSSR count). The van der Waals surface area contributed by atoms with Gasteiger partial charge in [0.2, 0.25) is 10.0 Å². The molecule has 0 aromatic heterocycles. The monoisotopic (exact) mass is 442 g/mol. The molecule has 0 aliphatic carbocycles. The number of benzene rings is 2. The van der Waals surface area contributed by atoms with Crippen molar-refractivity contribution >= 4 is 33.2 Å². The number of nitrogens with two attached hydrogens (primary N) is 1. The van der Waals surface area contributed by atoms with Crippen LogP contribution in [-0.4, -0.2) is 34.6 Å². The molecule has 10 heteroatoms. The summed E-state index contributed by atoms with van der Waals surface area (Å²) in [6, 6.07) is 6.85. The van der Waals surface area contributed by atoms with Gasteiger partial charge in [0.15, 0.2) is 11.5 Å². The highest BCUT2D eigenvalue weighted by molar-refractivity contribution is 7.89. The Morgan fingerprint density at radius 1 is 1.14 bits per heavy atom. The molecule has 0 bridgehead atoms. The van der Waals surface area contributed by atoms with Crippen LogP contribution in [0.3, 0.4) is 0 Å². The van der Waals surface area contributed by atoms with Crippen LogP contribution in [0, 0.1) is 0 Å². The highest BCUT2D eigenvalue weighted by Crippen LogP contribution is 2.37. The Morgan fingerprint density at radius 2 is 1.86 bits per heavy atom. The fourth-order valence-corrected chi connectivity index (χ4v) is 3.27. The second-order valence-corrected chi connectivity index (χ2v) is 7.90. The minimum Gasteiger partial charge on any atom is -0.495 e. The summed E-state index contributed by atoms with van der Waals surface area (Å²) in [4.78, 5) is 12.6. The van der Waals surface area contributed by atoms with E-state index in [0.29, 0.717) is 24.7 Å². The molecule has 0 radical (unpaired) electrons. The van der Waals surface area contributed by atoms with Crippen molar-refractivity contribution < 1.29 is 27.4 Å². The Balaban J connectivity index is 2.40. The lowest BCUT2D eigenvalue weighted by Gasteiger charge is -2.16. The van der Waals surface area contributed by atoms with Crippen molar-refractivity contribution in [3.63, 3.8) is 0 Å². The normalized spacial score (nSPS) is 11.1. The van der Waals surface area contributed by atoms with E-state index in [2.05, 4.69) is 5.32 Å². The minimum atomic E-state index is -3.95. The molecule has 0 unspecified atom stereocenters. The van der Waals surface area contributed by atoms with E-state index in [9.17, 15) is 13.2 Å². The molecule has 2 aromatic rings. The Hall–Kier alpha value is -2.49. The predicted octanol–water partition coefficient (Wildman–Crippen LogP) is 3.44. The van der Waals surface area contributed by atoms with Gasteiger partial charge in [0.05, 0.1) is 35.9 Å². The SMILES string of the molecule is CCCOc1c(Cl)cc(C(=O)Nc2cc(S(N)(=O)=O)ccc2OC)cc1OCC. The molecule has 0 aliphatic heterocycles. The van der Waals surface area contributed by atoms with E-state index in [1.807, 2.05) is 6.92 Å². The van der Waals surface area contributed by atoms with Gasteiger partial charge in [-0.1, -0.05) is 18.5 Å². The molecule has 0 aliphatic rings. The van der Waals surface area contributed by atoms with Crippen molar-refractivity contribution in [3.05, 3.63) is 40.9 Å². The van der Waals surface area contributed by atoms with Crippen LogP contribution in [0.15, 0.2) is 35.2 Å². The van der Waals surface area contributed by atoms with Crippen LogP contribution >= 0.6 is 11.6 Å². The van der Waals surface area contributed by atoms with Gasteiger partial charge in [0, 0.05) is 5.56 Å². The zero-order valence-electron chi connectivity index (χ0n) is 16.3. The van der Waals surface area contributed by atoms with Crippen LogP contribution in [-0.2, 0) is 10.0 Å². The first-order valence-corrected chi connectivity index (χ1v) is 10.7. The van der Waals surface area contributed by atoms with E-state index in [0.717, 1.165) is 6.42 Å². The molecule has 0 saturated heterocycles. The topological polar surface area (TPSA) is 117 Å². The van der Waals surface area contributed by atoms with Crippen LogP contribution in [0.2, 0.25) is 5.02 Å². The summed E-state index contributed by atoms with van der Waals surface area (Å²) >= 11 is 6.29. The molecule has 8 nitrogen and oxygen atoms in total. The standard InChI is InChI=1S/C19H23ClN2O6S/c1-4-8-28-18-14(20)9-12(10-17(18)27-5-2)19(23)22-15-11-13(29(21,24)25)6-7-16(15)26-3/h6-7,9-11H,4-5,8H2,1-3H3,(H,22,23)(H2,21,24,25). The maximum absolute atomic E-state index is 12.8. The maximum Gasteiger partial charge on any atom is 0.255 e. The number of hydrogen-bond donors (Lipinski definition) is 2. The van der Waals surface area contributed by atoms with E-state index in [4.69, 9.17) is 31.0 Å². The van der Waals surface area contributed by atoms with E-state index < -0.39 is 15.9 Å². The van der Waals surface area contributed by atoms with Crippen molar-refractivity contribution in [2.24, 2.45) is 5.14 Å². The van der Waals surface area contributed by atoms with Crippen LogP contribution in [0.1, 0.15) is 30.6 Å². The fourth-order valence-electron chi connectivity index (χ4n) is 2.46. The zero-order chi connectivity index (χ0) is 21.6. The maximum atomic E-state index is 12.8. The van der Waals surface area contributed by atoms with Gasteiger partial charge in [-0.15, -0.1) is 0 Å². The lowest BCUT2D eigenvalue weighted by molar-refractivity contribution is 0.102. The smallest absolute Gasteiger partial charge is 0.255 e. The molecule has 3 N–H and O–H groups in total. The summed E-state index contributed by atoms with van der Waals surface area (Å²) < 4.78 is 39.6. The highest BCUT2D eigenvalue weighted by atomic mass is 35.5. The Labute approximate surface area is 174 Å². The summed E-state index contributed by atoms with van der Waals surface area (Å²) in [5, 5.41) is 7.99. The van der Waals surface area contributed by atoms with Crippen LogP contribution in [0.4, 0.5) is 5.69 Å². The van der Waals surface area contributed by atoms with Crippen LogP contribution in [0.5, 0.6) is 17.2 Å². The van der Waals surface area contributed by atoms with Gasteiger partial charge in [-0.05, 0) is 43.7 Å². The molecule has 2 aromatic carbocycles. The van der Waals surface area contributed by atoms with E-state index in [1.165, 1.54) is 37.4 Å². The third-order valence-electron chi connectivity index (χ3n) is 3.77. The first kappa shape index (κ1) is 22.8. The van der Waals surface area contributed by atoms with Crippen molar-refractivity contribution in [2.45, 2.75) is 25.2 Å². The predicted molar refractivity (Wildman–Crippen MR) is 111 cm³/mol. The van der Waals surface area contributed by atoms with E-state index in [-0.39, 0.29) is 26.9 Å². The van der Waals surface area contributed by atoms with Crippen molar-refractivity contribution in [2.75, 3.05) is 25.6 Å². The summed E-state index contributed by atoms with van der Waals surface area (Å²) in [6.07, 6.45) is 0.782.